The molecule has 108 valence electrons. The second-order valence-electron chi connectivity index (χ2n) is 4.89. The third-order valence-electron chi connectivity index (χ3n) is 3.40. The minimum atomic E-state index is -0.488. The van der Waals surface area contributed by atoms with Gasteiger partial charge in [0.2, 0.25) is 0 Å². The number of methoxy groups -OCH3 is 1. The van der Waals surface area contributed by atoms with Crippen LogP contribution in [0.15, 0.2) is 12.1 Å². The lowest BCUT2D eigenvalue weighted by atomic mass is 9.90. The maximum atomic E-state index is 14.2. The molecule has 0 spiro atoms. The van der Waals surface area contributed by atoms with Crippen LogP contribution in [0.25, 0.3) is 0 Å². The second-order valence-corrected chi connectivity index (χ2v) is 4.89. The number of aryl methyl sites for hydroxylation is 1. The van der Waals surface area contributed by atoms with E-state index < -0.39 is 11.6 Å². The SMILES string of the molecule is CCNC(c1c(F)ccc(C)c1F)C(C)CCOC. The quantitative estimate of drug-likeness (QED) is 0.818. The van der Waals surface area contributed by atoms with Crippen molar-refractivity contribution in [2.45, 2.75) is 33.2 Å². The average Bonchev–Trinajstić information content (AvgIpc) is 2.39. The Kier molecular flexibility index (Phi) is 6.38. The molecule has 1 aromatic carbocycles. The number of nitrogens with one attached hydrogen (secondary N) is 1. The standard InChI is InChI=1S/C15H23F2NO/c1-5-18-15(11(3)8-9-19-4)13-12(16)7-6-10(2)14(13)17/h6-7,11,15,18H,5,8-9H2,1-4H3. The highest BCUT2D eigenvalue weighted by atomic mass is 19.1. The summed E-state index contributed by atoms with van der Waals surface area (Å²) < 4.78 is 33.2. The fourth-order valence-corrected chi connectivity index (χ4v) is 2.24. The van der Waals surface area contributed by atoms with E-state index in [9.17, 15) is 8.78 Å². The molecule has 0 heterocycles. The molecule has 0 aromatic heterocycles. The molecular weight excluding hydrogens is 248 g/mol. The highest BCUT2D eigenvalue weighted by molar-refractivity contribution is 5.29. The molecule has 0 aliphatic heterocycles. The molecule has 2 nitrogen and oxygen atoms in total. The molecule has 0 saturated heterocycles. The van der Waals surface area contributed by atoms with Gasteiger partial charge < -0.3 is 10.1 Å². The summed E-state index contributed by atoms with van der Waals surface area (Å²) in [5.74, 6) is -0.848. The van der Waals surface area contributed by atoms with Gasteiger partial charge in [-0.3, -0.25) is 0 Å². The Morgan fingerprint density at radius 1 is 1.32 bits per heavy atom. The van der Waals surface area contributed by atoms with Crippen molar-refractivity contribution in [3.63, 3.8) is 0 Å². The summed E-state index contributed by atoms with van der Waals surface area (Å²) >= 11 is 0. The number of ether oxygens (including phenoxy) is 1. The minimum absolute atomic E-state index is 0.0886. The summed E-state index contributed by atoms with van der Waals surface area (Å²) in [5, 5.41) is 3.18. The minimum Gasteiger partial charge on any atom is -0.385 e. The average molecular weight is 271 g/mol. The zero-order valence-electron chi connectivity index (χ0n) is 12.1. The molecule has 1 N–H and O–H groups in total. The number of halogens is 2. The van der Waals surface area contributed by atoms with Gasteiger partial charge in [-0.05, 0) is 37.4 Å². The number of rotatable bonds is 7. The second kappa shape index (κ2) is 7.56. The smallest absolute Gasteiger partial charge is 0.133 e. The van der Waals surface area contributed by atoms with E-state index in [1.165, 1.54) is 12.1 Å². The van der Waals surface area contributed by atoms with Gasteiger partial charge in [0.1, 0.15) is 11.6 Å². The maximum absolute atomic E-state index is 14.2. The van der Waals surface area contributed by atoms with Crippen molar-refractivity contribution >= 4 is 0 Å². The van der Waals surface area contributed by atoms with Crippen molar-refractivity contribution in [3.05, 3.63) is 34.9 Å². The Balaban J connectivity index is 3.08. The lowest BCUT2D eigenvalue weighted by molar-refractivity contribution is 0.169. The zero-order valence-corrected chi connectivity index (χ0v) is 12.1. The molecule has 1 aromatic rings. The lowest BCUT2D eigenvalue weighted by Crippen LogP contribution is -2.29. The first-order valence-electron chi connectivity index (χ1n) is 6.69. The van der Waals surface area contributed by atoms with E-state index >= 15 is 0 Å². The van der Waals surface area contributed by atoms with Crippen molar-refractivity contribution in [1.29, 1.82) is 0 Å². The van der Waals surface area contributed by atoms with Gasteiger partial charge >= 0.3 is 0 Å². The topological polar surface area (TPSA) is 21.3 Å². The van der Waals surface area contributed by atoms with Crippen LogP contribution >= 0.6 is 0 Å². The fourth-order valence-electron chi connectivity index (χ4n) is 2.24. The van der Waals surface area contributed by atoms with Crippen LogP contribution < -0.4 is 5.32 Å². The first kappa shape index (κ1) is 16.1. The Hall–Kier alpha value is -1.00. The van der Waals surface area contributed by atoms with Crippen LogP contribution in [-0.4, -0.2) is 20.3 Å². The van der Waals surface area contributed by atoms with Gasteiger partial charge in [0.05, 0.1) is 0 Å². The third kappa shape index (κ3) is 3.98. The van der Waals surface area contributed by atoms with Crippen LogP contribution in [0.1, 0.15) is 37.4 Å². The molecule has 1 rings (SSSR count). The van der Waals surface area contributed by atoms with Crippen LogP contribution in [-0.2, 0) is 4.74 Å². The van der Waals surface area contributed by atoms with Crippen molar-refractivity contribution < 1.29 is 13.5 Å². The Labute approximate surface area is 114 Å². The molecular formula is C15H23F2NO. The fraction of sp³-hybridized carbons (Fsp3) is 0.600. The first-order valence-corrected chi connectivity index (χ1v) is 6.69. The van der Waals surface area contributed by atoms with Gasteiger partial charge in [-0.1, -0.05) is 19.9 Å². The number of hydrogen-bond donors (Lipinski definition) is 1. The van der Waals surface area contributed by atoms with E-state index in [1.807, 2.05) is 13.8 Å². The van der Waals surface area contributed by atoms with Crippen LogP contribution in [0.2, 0.25) is 0 Å². The molecule has 0 amide bonds. The molecule has 2 atom stereocenters. The first-order chi connectivity index (χ1) is 9.02. The van der Waals surface area contributed by atoms with Crippen LogP contribution in [0.4, 0.5) is 8.78 Å². The van der Waals surface area contributed by atoms with Crippen LogP contribution in [0, 0.1) is 24.5 Å². The molecule has 0 aliphatic carbocycles. The Morgan fingerprint density at radius 2 is 2.00 bits per heavy atom. The molecule has 0 bridgehead atoms. The van der Waals surface area contributed by atoms with Gasteiger partial charge in [0.15, 0.2) is 0 Å². The highest BCUT2D eigenvalue weighted by Gasteiger charge is 2.25. The lowest BCUT2D eigenvalue weighted by Gasteiger charge is -2.26. The summed E-state index contributed by atoms with van der Waals surface area (Å²) in [6.07, 6.45) is 0.751. The molecule has 0 aliphatic rings. The number of benzene rings is 1. The van der Waals surface area contributed by atoms with Crippen molar-refractivity contribution in [2.24, 2.45) is 5.92 Å². The largest absolute Gasteiger partial charge is 0.385 e. The molecule has 2 unspecified atom stereocenters. The molecule has 0 saturated carbocycles. The predicted octanol–water partition coefficient (Wildman–Crippen LogP) is 3.60. The highest BCUT2D eigenvalue weighted by Crippen LogP contribution is 2.30. The van der Waals surface area contributed by atoms with Crippen molar-refractivity contribution in [2.75, 3.05) is 20.3 Å². The van der Waals surface area contributed by atoms with Gasteiger partial charge in [-0.2, -0.15) is 0 Å². The van der Waals surface area contributed by atoms with Crippen LogP contribution in [0.3, 0.4) is 0 Å². The summed E-state index contributed by atoms with van der Waals surface area (Å²) in [4.78, 5) is 0. The van der Waals surface area contributed by atoms with E-state index in [0.29, 0.717) is 18.7 Å². The summed E-state index contributed by atoms with van der Waals surface area (Å²) in [6, 6.07) is 2.47. The van der Waals surface area contributed by atoms with Crippen molar-refractivity contribution in [1.82, 2.24) is 5.32 Å². The van der Waals surface area contributed by atoms with Gasteiger partial charge in [-0.25, -0.2) is 8.78 Å². The summed E-state index contributed by atoms with van der Waals surface area (Å²) in [7, 11) is 1.63. The molecule has 19 heavy (non-hydrogen) atoms. The maximum Gasteiger partial charge on any atom is 0.133 e. The van der Waals surface area contributed by atoms with Crippen LogP contribution in [0.5, 0.6) is 0 Å². The Morgan fingerprint density at radius 3 is 2.58 bits per heavy atom. The van der Waals surface area contributed by atoms with Gasteiger partial charge in [-0.15, -0.1) is 0 Å². The molecule has 0 fully saturated rings. The third-order valence-corrected chi connectivity index (χ3v) is 3.40. The summed E-state index contributed by atoms with van der Waals surface area (Å²) in [6.45, 7) is 6.81. The van der Waals surface area contributed by atoms with E-state index in [0.717, 1.165) is 6.42 Å². The number of hydrogen-bond acceptors (Lipinski definition) is 2. The van der Waals surface area contributed by atoms with E-state index in [4.69, 9.17) is 4.74 Å². The van der Waals surface area contributed by atoms with E-state index in [-0.39, 0.29) is 17.5 Å². The molecule has 4 heteroatoms. The molecule has 0 radical (unpaired) electrons. The predicted molar refractivity (Wildman–Crippen MR) is 73.2 cm³/mol. The monoisotopic (exact) mass is 271 g/mol. The zero-order chi connectivity index (χ0) is 14.4. The van der Waals surface area contributed by atoms with Crippen molar-refractivity contribution in [3.8, 4) is 0 Å². The van der Waals surface area contributed by atoms with Gasteiger partial charge in [0, 0.05) is 25.3 Å². The van der Waals surface area contributed by atoms with E-state index in [2.05, 4.69) is 5.32 Å². The Bertz CT molecular complexity index is 409. The van der Waals surface area contributed by atoms with Gasteiger partial charge in [0.25, 0.3) is 0 Å². The summed E-state index contributed by atoms with van der Waals surface area (Å²) in [5.41, 5.74) is 0.615. The normalized spacial score (nSPS) is 14.4. The van der Waals surface area contributed by atoms with E-state index in [1.54, 1.807) is 14.0 Å².